The summed E-state index contributed by atoms with van der Waals surface area (Å²) in [5.74, 6) is 2.22. The van der Waals surface area contributed by atoms with E-state index in [1.54, 1.807) is 29.9 Å². The average molecular weight is 348 g/mol. The van der Waals surface area contributed by atoms with Gasteiger partial charge in [-0.3, -0.25) is 9.69 Å². The maximum atomic E-state index is 12.1. The van der Waals surface area contributed by atoms with E-state index in [-0.39, 0.29) is 11.9 Å². The maximum absolute atomic E-state index is 12.1. The molecule has 3 heterocycles. The number of hydrogen-bond donors (Lipinski definition) is 1. The van der Waals surface area contributed by atoms with Crippen LogP contribution < -0.4 is 5.32 Å². The molecule has 0 aliphatic carbocycles. The number of thiophene rings is 1. The number of carbonyl (C=O) groups excluding carboxylic acids is 1. The Hall–Kier alpha value is -1.50. The zero-order chi connectivity index (χ0) is 15.9. The van der Waals surface area contributed by atoms with Crippen molar-refractivity contribution >= 4 is 35.1 Å². The van der Waals surface area contributed by atoms with Crippen LogP contribution in [0.4, 0.5) is 0 Å². The second-order valence-electron chi connectivity index (χ2n) is 5.31. The molecule has 3 rings (SSSR count). The van der Waals surface area contributed by atoms with Gasteiger partial charge in [-0.1, -0.05) is 6.07 Å². The fourth-order valence-electron chi connectivity index (χ4n) is 2.61. The smallest absolute Gasteiger partial charge is 0.244 e. The monoisotopic (exact) mass is 348 g/mol. The van der Waals surface area contributed by atoms with E-state index in [2.05, 4.69) is 10.2 Å². The van der Waals surface area contributed by atoms with E-state index in [0.29, 0.717) is 6.54 Å². The SMILES string of the molecule is O=C(C=Cc1cccs1)NCC(c1ccoc1)N1CCSCC1. The molecule has 1 aliphatic heterocycles. The van der Waals surface area contributed by atoms with Crippen molar-refractivity contribution < 1.29 is 9.21 Å². The van der Waals surface area contributed by atoms with Crippen LogP contribution in [0.2, 0.25) is 0 Å². The molecule has 1 fully saturated rings. The number of furan rings is 1. The Balaban J connectivity index is 1.58. The lowest BCUT2D eigenvalue weighted by molar-refractivity contribution is -0.116. The summed E-state index contributed by atoms with van der Waals surface area (Å²) in [5, 5.41) is 5.02. The number of amides is 1. The van der Waals surface area contributed by atoms with Gasteiger partial charge in [0, 0.05) is 47.7 Å². The highest BCUT2D eigenvalue weighted by atomic mass is 32.2. The fraction of sp³-hybridized carbons (Fsp3) is 0.353. The molecule has 1 amide bonds. The molecule has 0 spiro atoms. The molecule has 1 unspecified atom stereocenters. The first kappa shape index (κ1) is 16.4. The van der Waals surface area contributed by atoms with Crippen molar-refractivity contribution in [3.63, 3.8) is 0 Å². The minimum Gasteiger partial charge on any atom is -0.472 e. The third-order valence-corrected chi connectivity index (χ3v) is 5.61. The summed E-state index contributed by atoms with van der Waals surface area (Å²) in [4.78, 5) is 15.6. The fourth-order valence-corrected chi connectivity index (χ4v) is 4.16. The van der Waals surface area contributed by atoms with Gasteiger partial charge < -0.3 is 9.73 Å². The molecule has 23 heavy (non-hydrogen) atoms. The summed E-state index contributed by atoms with van der Waals surface area (Å²) in [6.07, 6.45) is 6.92. The first-order valence-corrected chi connectivity index (χ1v) is 9.69. The highest BCUT2D eigenvalue weighted by Gasteiger charge is 2.23. The first-order chi connectivity index (χ1) is 11.3. The Morgan fingerprint density at radius 1 is 1.39 bits per heavy atom. The topological polar surface area (TPSA) is 45.5 Å². The Morgan fingerprint density at radius 3 is 2.96 bits per heavy atom. The molecule has 0 radical (unpaired) electrons. The highest BCUT2D eigenvalue weighted by Crippen LogP contribution is 2.24. The van der Waals surface area contributed by atoms with Gasteiger partial charge in [-0.05, 0) is 23.6 Å². The molecule has 122 valence electrons. The summed E-state index contributed by atoms with van der Waals surface area (Å²) in [7, 11) is 0. The molecule has 1 saturated heterocycles. The van der Waals surface area contributed by atoms with Crippen LogP contribution in [0.1, 0.15) is 16.5 Å². The molecule has 0 bridgehead atoms. The van der Waals surface area contributed by atoms with Gasteiger partial charge in [0.1, 0.15) is 0 Å². The molecule has 4 nitrogen and oxygen atoms in total. The molecule has 1 aliphatic rings. The average Bonchev–Trinajstić information content (AvgIpc) is 3.28. The van der Waals surface area contributed by atoms with E-state index >= 15 is 0 Å². The summed E-state index contributed by atoms with van der Waals surface area (Å²) in [6, 6.07) is 6.13. The predicted molar refractivity (Wildman–Crippen MR) is 96.7 cm³/mol. The normalized spacial score (nSPS) is 17.4. The van der Waals surface area contributed by atoms with Crippen LogP contribution in [0, 0.1) is 0 Å². The van der Waals surface area contributed by atoms with Gasteiger partial charge in [-0.15, -0.1) is 11.3 Å². The lowest BCUT2D eigenvalue weighted by Gasteiger charge is -2.33. The van der Waals surface area contributed by atoms with E-state index in [4.69, 9.17) is 4.42 Å². The lowest BCUT2D eigenvalue weighted by atomic mass is 10.1. The van der Waals surface area contributed by atoms with Crippen LogP contribution in [-0.2, 0) is 4.79 Å². The predicted octanol–water partition coefficient (Wildman–Crippen LogP) is 3.26. The van der Waals surface area contributed by atoms with Gasteiger partial charge in [0.15, 0.2) is 0 Å². The molecule has 0 saturated carbocycles. The van der Waals surface area contributed by atoms with E-state index in [9.17, 15) is 4.79 Å². The third kappa shape index (κ3) is 4.73. The Bertz CT molecular complexity index is 617. The Labute approximate surface area is 144 Å². The molecule has 6 heteroatoms. The van der Waals surface area contributed by atoms with Gasteiger partial charge in [-0.25, -0.2) is 0 Å². The van der Waals surface area contributed by atoms with Crippen LogP contribution in [-0.4, -0.2) is 41.9 Å². The highest BCUT2D eigenvalue weighted by molar-refractivity contribution is 7.99. The van der Waals surface area contributed by atoms with E-state index in [1.165, 1.54) is 0 Å². The van der Waals surface area contributed by atoms with Crippen molar-refractivity contribution in [2.75, 3.05) is 31.1 Å². The van der Waals surface area contributed by atoms with Crippen molar-refractivity contribution in [3.8, 4) is 0 Å². The standard InChI is InChI=1S/C17H20N2O2S2/c20-17(4-3-15-2-1-9-23-15)18-12-16(14-5-8-21-13-14)19-6-10-22-11-7-19/h1-5,8-9,13,16H,6-7,10-12H2,(H,18,20). The summed E-state index contributed by atoms with van der Waals surface area (Å²) in [5.41, 5.74) is 1.12. The Morgan fingerprint density at radius 2 is 2.26 bits per heavy atom. The number of thioether (sulfide) groups is 1. The van der Waals surface area contributed by atoms with Crippen LogP contribution in [0.25, 0.3) is 6.08 Å². The van der Waals surface area contributed by atoms with Gasteiger partial charge >= 0.3 is 0 Å². The zero-order valence-corrected chi connectivity index (χ0v) is 14.4. The van der Waals surface area contributed by atoms with E-state index in [0.717, 1.165) is 35.0 Å². The molecule has 1 atom stereocenters. The molecule has 1 N–H and O–H groups in total. The van der Waals surface area contributed by atoms with E-state index in [1.807, 2.05) is 41.4 Å². The Kier molecular flexibility index (Phi) is 5.96. The third-order valence-electron chi connectivity index (χ3n) is 3.83. The summed E-state index contributed by atoms with van der Waals surface area (Å²) < 4.78 is 5.23. The van der Waals surface area contributed by atoms with Crippen molar-refractivity contribution in [2.45, 2.75) is 6.04 Å². The van der Waals surface area contributed by atoms with Crippen LogP contribution in [0.3, 0.4) is 0 Å². The quantitative estimate of drug-likeness (QED) is 0.814. The van der Waals surface area contributed by atoms with Crippen molar-refractivity contribution in [2.24, 2.45) is 0 Å². The maximum Gasteiger partial charge on any atom is 0.244 e. The van der Waals surface area contributed by atoms with Crippen molar-refractivity contribution in [3.05, 3.63) is 52.6 Å². The largest absolute Gasteiger partial charge is 0.472 e. The van der Waals surface area contributed by atoms with Gasteiger partial charge in [0.25, 0.3) is 0 Å². The van der Waals surface area contributed by atoms with E-state index < -0.39 is 0 Å². The summed E-state index contributed by atoms with van der Waals surface area (Å²) >= 11 is 3.60. The molecule has 2 aromatic heterocycles. The van der Waals surface area contributed by atoms with Crippen LogP contribution in [0.5, 0.6) is 0 Å². The summed E-state index contributed by atoms with van der Waals surface area (Å²) in [6.45, 7) is 2.68. The first-order valence-electron chi connectivity index (χ1n) is 7.66. The number of nitrogens with one attached hydrogen (secondary N) is 1. The molecule has 0 aromatic carbocycles. The van der Waals surface area contributed by atoms with Gasteiger partial charge in [0.2, 0.25) is 5.91 Å². The number of rotatable bonds is 6. The lowest BCUT2D eigenvalue weighted by Crippen LogP contribution is -2.41. The number of carbonyl (C=O) groups is 1. The second-order valence-corrected chi connectivity index (χ2v) is 7.52. The zero-order valence-electron chi connectivity index (χ0n) is 12.8. The minimum atomic E-state index is -0.0571. The van der Waals surface area contributed by atoms with Crippen LogP contribution >= 0.6 is 23.1 Å². The van der Waals surface area contributed by atoms with Crippen LogP contribution in [0.15, 0.2) is 46.6 Å². The minimum absolute atomic E-state index is 0.0571. The number of nitrogens with zero attached hydrogens (tertiary/aromatic N) is 1. The molecule has 2 aromatic rings. The molecular weight excluding hydrogens is 328 g/mol. The van der Waals surface area contributed by atoms with Crippen molar-refractivity contribution in [1.29, 1.82) is 0 Å². The molecular formula is C17H20N2O2S2. The van der Waals surface area contributed by atoms with Crippen molar-refractivity contribution in [1.82, 2.24) is 10.2 Å². The second kappa shape index (κ2) is 8.38. The number of hydrogen-bond acceptors (Lipinski definition) is 5. The van der Waals surface area contributed by atoms with Gasteiger partial charge in [0.05, 0.1) is 18.6 Å². The van der Waals surface area contributed by atoms with Gasteiger partial charge in [-0.2, -0.15) is 11.8 Å².